The van der Waals surface area contributed by atoms with E-state index >= 15 is 0 Å². The third kappa shape index (κ3) is 3.34. The quantitative estimate of drug-likeness (QED) is 0.850. The van der Waals surface area contributed by atoms with Crippen molar-refractivity contribution in [1.82, 2.24) is 9.80 Å². The van der Waals surface area contributed by atoms with Crippen molar-refractivity contribution in [2.75, 3.05) is 34.3 Å². The van der Waals surface area contributed by atoms with Gasteiger partial charge in [0.1, 0.15) is 10.8 Å². The van der Waals surface area contributed by atoms with Crippen LogP contribution in [0.3, 0.4) is 0 Å². The normalized spacial score (nSPS) is 20.2. The molecule has 0 aliphatic carbocycles. The average molecular weight is 303 g/mol. The highest BCUT2D eigenvalue weighted by Crippen LogP contribution is 2.35. The minimum absolute atomic E-state index is 0.499. The number of likely N-dealkylation sites (N-methyl/N-ethyl adjacent to an activating group) is 2. The summed E-state index contributed by atoms with van der Waals surface area (Å²) in [6, 6.07) is 4.45. The number of hydrogen-bond acceptors (Lipinski definition) is 3. The van der Waals surface area contributed by atoms with E-state index in [2.05, 4.69) is 23.9 Å². The van der Waals surface area contributed by atoms with Gasteiger partial charge in [-0.25, -0.2) is 0 Å². The molecule has 19 heavy (non-hydrogen) atoms. The first-order valence-corrected chi connectivity index (χ1v) is 7.18. The van der Waals surface area contributed by atoms with Crippen LogP contribution in [0.2, 0.25) is 10.0 Å². The van der Waals surface area contributed by atoms with Gasteiger partial charge in [-0.3, -0.25) is 4.90 Å². The van der Waals surface area contributed by atoms with Crippen LogP contribution >= 0.6 is 23.2 Å². The number of benzene rings is 1. The predicted octanol–water partition coefficient (Wildman–Crippen LogP) is 3.14. The van der Waals surface area contributed by atoms with Crippen molar-refractivity contribution in [2.24, 2.45) is 0 Å². The lowest BCUT2D eigenvalue weighted by atomic mass is 10.1. The first-order chi connectivity index (χ1) is 9.02. The summed E-state index contributed by atoms with van der Waals surface area (Å²) in [4.78, 5) is 4.69. The third-order valence-corrected chi connectivity index (χ3v) is 4.66. The second-order valence-corrected chi connectivity index (χ2v) is 5.93. The van der Waals surface area contributed by atoms with E-state index in [0.717, 1.165) is 25.2 Å². The topological polar surface area (TPSA) is 15.7 Å². The molecule has 1 heterocycles. The maximum absolute atomic E-state index is 6.31. The zero-order chi connectivity index (χ0) is 14.0. The van der Waals surface area contributed by atoms with Crippen molar-refractivity contribution in [3.05, 3.63) is 27.7 Å². The van der Waals surface area contributed by atoms with E-state index in [1.165, 1.54) is 6.42 Å². The van der Waals surface area contributed by atoms with E-state index in [-0.39, 0.29) is 0 Å². The molecule has 0 saturated carbocycles. The second-order valence-electron chi connectivity index (χ2n) is 5.17. The minimum atomic E-state index is 0.499. The second kappa shape index (κ2) is 6.31. The van der Waals surface area contributed by atoms with Gasteiger partial charge in [0.15, 0.2) is 0 Å². The zero-order valence-corrected chi connectivity index (χ0v) is 13.1. The molecule has 1 atom stereocenters. The highest BCUT2D eigenvalue weighted by atomic mass is 35.5. The van der Waals surface area contributed by atoms with E-state index in [0.29, 0.717) is 21.8 Å². The van der Waals surface area contributed by atoms with Crippen LogP contribution in [0.25, 0.3) is 0 Å². The number of rotatable bonds is 4. The van der Waals surface area contributed by atoms with Gasteiger partial charge in [-0.1, -0.05) is 29.3 Å². The van der Waals surface area contributed by atoms with Gasteiger partial charge in [0, 0.05) is 19.1 Å². The number of hydrogen-bond donors (Lipinski definition) is 0. The van der Waals surface area contributed by atoms with E-state index in [4.69, 9.17) is 27.9 Å². The lowest BCUT2D eigenvalue weighted by Crippen LogP contribution is -2.33. The molecule has 0 N–H and O–H groups in total. The van der Waals surface area contributed by atoms with Gasteiger partial charge in [-0.05, 0) is 38.7 Å². The highest BCUT2D eigenvalue weighted by molar-refractivity contribution is 6.43. The summed E-state index contributed by atoms with van der Waals surface area (Å²) in [6.45, 7) is 3.07. The summed E-state index contributed by atoms with van der Waals surface area (Å²) < 4.78 is 5.16. The summed E-state index contributed by atoms with van der Waals surface area (Å²) in [6.07, 6.45) is 1.20. The zero-order valence-electron chi connectivity index (χ0n) is 11.6. The van der Waals surface area contributed by atoms with E-state index in [1.54, 1.807) is 7.11 Å². The summed E-state index contributed by atoms with van der Waals surface area (Å²) in [5.41, 5.74) is 1.05. The number of methoxy groups -OCH3 is 1. The fourth-order valence-corrected chi connectivity index (χ4v) is 3.00. The van der Waals surface area contributed by atoms with Crippen molar-refractivity contribution in [3.8, 4) is 5.75 Å². The Hall–Kier alpha value is -0.480. The molecule has 1 fully saturated rings. The van der Waals surface area contributed by atoms with Gasteiger partial charge < -0.3 is 9.64 Å². The molecule has 0 bridgehead atoms. The van der Waals surface area contributed by atoms with Crippen molar-refractivity contribution in [1.29, 1.82) is 0 Å². The molecule has 3 nitrogen and oxygen atoms in total. The van der Waals surface area contributed by atoms with Crippen LogP contribution in [-0.2, 0) is 6.54 Å². The van der Waals surface area contributed by atoms with Crippen LogP contribution < -0.4 is 4.74 Å². The predicted molar refractivity (Wildman–Crippen MR) is 80.4 cm³/mol. The Kier molecular flexibility index (Phi) is 4.96. The van der Waals surface area contributed by atoms with Crippen LogP contribution in [0.15, 0.2) is 12.1 Å². The molecule has 1 unspecified atom stereocenters. The first kappa shape index (κ1) is 14.9. The van der Waals surface area contributed by atoms with Crippen LogP contribution in [0, 0.1) is 0 Å². The smallest absolute Gasteiger partial charge is 0.138 e. The van der Waals surface area contributed by atoms with Crippen molar-refractivity contribution < 1.29 is 4.74 Å². The van der Waals surface area contributed by atoms with Gasteiger partial charge in [0.05, 0.1) is 12.1 Å². The van der Waals surface area contributed by atoms with Gasteiger partial charge in [-0.2, -0.15) is 0 Å². The van der Waals surface area contributed by atoms with Gasteiger partial charge in [-0.15, -0.1) is 0 Å². The molecule has 1 aromatic carbocycles. The van der Waals surface area contributed by atoms with Crippen molar-refractivity contribution in [2.45, 2.75) is 19.0 Å². The molecule has 0 radical (unpaired) electrons. The number of ether oxygens (including phenoxy) is 1. The van der Waals surface area contributed by atoms with Gasteiger partial charge in [0.25, 0.3) is 0 Å². The van der Waals surface area contributed by atoms with E-state index in [1.807, 2.05) is 12.1 Å². The van der Waals surface area contributed by atoms with Crippen LogP contribution in [-0.4, -0.2) is 50.1 Å². The molecule has 1 aliphatic rings. The summed E-state index contributed by atoms with van der Waals surface area (Å²) in [5.74, 6) is 0.624. The summed E-state index contributed by atoms with van der Waals surface area (Å²) >= 11 is 12.5. The lowest BCUT2D eigenvalue weighted by Gasteiger charge is -2.25. The maximum Gasteiger partial charge on any atom is 0.138 e. The molecule has 1 saturated heterocycles. The SMILES string of the molecule is COc1ccc(CN(C)C2CCN(C)C2)c(Cl)c1Cl. The fourth-order valence-electron chi connectivity index (χ4n) is 2.52. The van der Waals surface area contributed by atoms with Crippen molar-refractivity contribution >= 4 is 23.2 Å². The fraction of sp³-hybridized carbons (Fsp3) is 0.571. The number of likely N-dealkylation sites (tertiary alicyclic amines) is 1. The third-order valence-electron chi connectivity index (χ3n) is 3.76. The Labute approximate surface area is 125 Å². The van der Waals surface area contributed by atoms with Crippen LogP contribution in [0.4, 0.5) is 0 Å². The van der Waals surface area contributed by atoms with Crippen LogP contribution in [0.1, 0.15) is 12.0 Å². The minimum Gasteiger partial charge on any atom is -0.495 e. The Bertz CT molecular complexity index is 453. The molecular formula is C14H20Cl2N2O. The van der Waals surface area contributed by atoms with E-state index in [9.17, 15) is 0 Å². The molecule has 5 heteroatoms. The lowest BCUT2D eigenvalue weighted by molar-refractivity contribution is 0.234. The Morgan fingerprint density at radius 1 is 1.37 bits per heavy atom. The molecule has 106 valence electrons. The largest absolute Gasteiger partial charge is 0.495 e. The standard InChI is InChI=1S/C14H20Cl2N2O/c1-17-7-6-11(9-17)18(2)8-10-4-5-12(19-3)14(16)13(10)15/h4-5,11H,6-9H2,1-3H3. The highest BCUT2D eigenvalue weighted by Gasteiger charge is 2.24. The maximum atomic E-state index is 6.31. The van der Waals surface area contributed by atoms with E-state index < -0.39 is 0 Å². The molecule has 1 aromatic rings. The average Bonchev–Trinajstić information content (AvgIpc) is 2.82. The molecule has 0 amide bonds. The number of halogens is 2. The Morgan fingerprint density at radius 3 is 2.68 bits per heavy atom. The monoisotopic (exact) mass is 302 g/mol. The Balaban J connectivity index is 2.09. The van der Waals surface area contributed by atoms with Crippen molar-refractivity contribution in [3.63, 3.8) is 0 Å². The molecule has 1 aliphatic heterocycles. The first-order valence-electron chi connectivity index (χ1n) is 6.42. The molecule has 0 spiro atoms. The van der Waals surface area contributed by atoms with Crippen LogP contribution in [0.5, 0.6) is 5.75 Å². The number of nitrogens with zero attached hydrogens (tertiary/aromatic N) is 2. The summed E-state index contributed by atoms with van der Waals surface area (Å²) in [5, 5.41) is 1.10. The molecule has 0 aromatic heterocycles. The van der Waals surface area contributed by atoms with Gasteiger partial charge in [0.2, 0.25) is 0 Å². The van der Waals surface area contributed by atoms with Gasteiger partial charge >= 0.3 is 0 Å². The molecule has 2 rings (SSSR count). The summed E-state index contributed by atoms with van der Waals surface area (Å²) in [7, 11) is 5.89. The Morgan fingerprint density at radius 2 is 2.11 bits per heavy atom. The molecular weight excluding hydrogens is 283 g/mol.